The maximum atomic E-state index is 12.7. The molecular formula is C11H10FN3OS. The van der Waals surface area contributed by atoms with Gasteiger partial charge in [-0.1, -0.05) is 23.5 Å². The van der Waals surface area contributed by atoms with E-state index in [0.717, 1.165) is 10.6 Å². The molecule has 2 rings (SSSR count). The number of anilines is 1. The molecule has 17 heavy (non-hydrogen) atoms. The van der Waals surface area contributed by atoms with E-state index >= 15 is 0 Å². The number of halogens is 1. The summed E-state index contributed by atoms with van der Waals surface area (Å²) in [6.45, 7) is 1.42. The standard InChI is InChI=1S/C11H10FN3OS/c1-7(16)13-11-15-14-10(17-11)6-8-2-4-9(12)5-3-8/h2-5H,6H2,1H3,(H,13,15,16). The fourth-order valence-corrected chi connectivity index (χ4v) is 2.12. The Labute approximate surface area is 102 Å². The van der Waals surface area contributed by atoms with Gasteiger partial charge < -0.3 is 5.32 Å². The second-order valence-electron chi connectivity index (χ2n) is 3.49. The van der Waals surface area contributed by atoms with Gasteiger partial charge in [-0.3, -0.25) is 4.79 Å². The quantitative estimate of drug-likeness (QED) is 0.910. The molecule has 0 fully saturated rings. The molecule has 0 spiro atoms. The number of hydrogen-bond acceptors (Lipinski definition) is 4. The second kappa shape index (κ2) is 5.01. The molecule has 0 aliphatic heterocycles. The SMILES string of the molecule is CC(=O)Nc1nnc(Cc2ccc(F)cc2)s1. The van der Waals surface area contributed by atoms with Crippen LogP contribution in [0.5, 0.6) is 0 Å². The number of nitrogens with zero attached hydrogens (tertiary/aromatic N) is 2. The zero-order valence-electron chi connectivity index (χ0n) is 9.11. The molecule has 88 valence electrons. The number of carbonyl (C=O) groups is 1. The highest BCUT2D eigenvalue weighted by atomic mass is 32.1. The molecule has 1 aromatic carbocycles. The van der Waals surface area contributed by atoms with Crippen LogP contribution in [0.1, 0.15) is 17.5 Å². The molecule has 0 bridgehead atoms. The topological polar surface area (TPSA) is 54.9 Å². The summed E-state index contributed by atoms with van der Waals surface area (Å²) >= 11 is 1.31. The molecule has 0 saturated carbocycles. The lowest BCUT2D eigenvalue weighted by atomic mass is 10.2. The van der Waals surface area contributed by atoms with Gasteiger partial charge in [-0.05, 0) is 17.7 Å². The van der Waals surface area contributed by atoms with Gasteiger partial charge in [0, 0.05) is 13.3 Å². The molecule has 4 nitrogen and oxygen atoms in total. The average Bonchev–Trinajstić information content (AvgIpc) is 2.68. The molecule has 2 aromatic rings. The van der Waals surface area contributed by atoms with Crippen LogP contribution in [0.2, 0.25) is 0 Å². The molecule has 0 saturated heterocycles. The lowest BCUT2D eigenvalue weighted by Crippen LogP contribution is -2.04. The van der Waals surface area contributed by atoms with Gasteiger partial charge in [-0.25, -0.2) is 4.39 Å². The molecular weight excluding hydrogens is 241 g/mol. The zero-order valence-corrected chi connectivity index (χ0v) is 9.92. The summed E-state index contributed by atoms with van der Waals surface area (Å²) in [6.07, 6.45) is 0.581. The van der Waals surface area contributed by atoms with Gasteiger partial charge in [0.05, 0.1) is 0 Å². The molecule has 0 aliphatic rings. The van der Waals surface area contributed by atoms with Crippen molar-refractivity contribution in [3.63, 3.8) is 0 Å². The lowest BCUT2D eigenvalue weighted by Gasteiger charge is -1.96. The highest BCUT2D eigenvalue weighted by Crippen LogP contribution is 2.18. The highest BCUT2D eigenvalue weighted by Gasteiger charge is 2.06. The summed E-state index contributed by atoms with van der Waals surface area (Å²) in [7, 11) is 0. The molecule has 1 aromatic heterocycles. The van der Waals surface area contributed by atoms with E-state index in [2.05, 4.69) is 15.5 Å². The third-order valence-corrected chi connectivity index (χ3v) is 2.86. The van der Waals surface area contributed by atoms with E-state index < -0.39 is 0 Å². The summed E-state index contributed by atoms with van der Waals surface area (Å²) in [4.78, 5) is 10.8. The monoisotopic (exact) mass is 251 g/mol. The minimum atomic E-state index is -0.259. The third-order valence-electron chi connectivity index (χ3n) is 2.02. The molecule has 1 N–H and O–H groups in total. The van der Waals surface area contributed by atoms with E-state index in [-0.39, 0.29) is 11.7 Å². The summed E-state index contributed by atoms with van der Waals surface area (Å²) in [6, 6.07) is 6.22. The first-order valence-electron chi connectivity index (χ1n) is 4.98. The van der Waals surface area contributed by atoms with E-state index in [1.54, 1.807) is 12.1 Å². The smallest absolute Gasteiger partial charge is 0.223 e. The van der Waals surface area contributed by atoms with Crippen LogP contribution in [0, 0.1) is 5.82 Å². The second-order valence-corrected chi connectivity index (χ2v) is 4.55. The predicted molar refractivity (Wildman–Crippen MR) is 63.4 cm³/mol. The van der Waals surface area contributed by atoms with Crippen molar-refractivity contribution in [3.05, 3.63) is 40.7 Å². The van der Waals surface area contributed by atoms with E-state index in [1.165, 1.54) is 30.4 Å². The Kier molecular flexibility index (Phi) is 3.43. The normalized spacial score (nSPS) is 10.2. The Balaban J connectivity index is 2.06. The Morgan fingerprint density at radius 3 is 2.71 bits per heavy atom. The molecule has 0 unspecified atom stereocenters. The van der Waals surface area contributed by atoms with Crippen molar-refractivity contribution in [1.29, 1.82) is 0 Å². The number of aromatic nitrogens is 2. The lowest BCUT2D eigenvalue weighted by molar-refractivity contribution is -0.114. The fraction of sp³-hybridized carbons (Fsp3) is 0.182. The van der Waals surface area contributed by atoms with Crippen LogP contribution >= 0.6 is 11.3 Å². The Bertz CT molecular complexity index is 524. The van der Waals surface area contributed by atoms with E-state index in [9.17, 15) is 9.18 Å². The largest absolute Gasteiger partial charge is 0.301 e. The highest BCUT2D eigenvalue weighted by molar-refractivity contribution is 7.15. The van der Waals surface area contributed by atoms with Crippen LogP contribution in [0.15, 0.2) is 24.3 Å². The van der Waals surface area contributed by atoms with Crippen LogP contribution in [0.3, 0.4) is 0 Å². The van der Waals surface area contributed by atoms with Gasteiger partial charge in [0.1, 0.15) is 10.8 Å². The maximum absolute atomic E-state index is 12.7. The predicted octanol–water partition coefficient (Wildman–Crippen LogP) is 2.23. The molecule has 0 aliphatic carbocycles. The fourth-order valence-electron chi connectivity index (χ4n) is 1.30. The van der Waals surface area contributed by atoms with Gasteiger partial charge in [0.25, 0.3) is 0 Å². The Morgan fingerprint density at radius 1 is 1.35 bits per heavy atom. The molecule has 6 heteroatoms. The van der Waals surface area contributed by atoms with Gasteiger partial charge in [-0.15, -0.1) is 10.2 Å². The van der Waals surface area contributed by atoms with Crippen LogP contribution in [0.25, 0.3) is 0 Å². The number of amides is 1. The summed E-state index contributed by atoms with van der Waals surface area (Å²) in [5.74, 6) is -0.431. The number of nitrogens with one attached hydrogen (secondary N) is 1. The van der Waals surface area contributed by atoms with E-state index in [1.807, 2.05) is 0 Å². The van der Waals surface area contributed by atoms with Gasteiger partial charge in [0.2, 0.25) is 11.0 Å². The van der Waals surface area contributed by atoms with E-state index in [4.69, 9.17) is 0 Å². The van der Waals surface area contributed by atoms with Crippen molar-refractivity contribution >= 4 is 22.4 Å². The van der Waals surface area contributed by atoms with Crippen molar-refractivity contribution in [2.75, 3.05) is 5.32 Å². The molecule has 1 amide bonds. The van der Waals surface area contributed by atoms with Gasteiger partial charge >= 0.3 is 0 Å². The van der Waals surface area contributed by atoms with Crippen molar-refractivity contribution in [2.24, 2.45) is 0 Å². The first-order chi connectivity index (χ1) is 8.13. The van der Waals surface area contributed by atoms with Crippen molar-refractivity contribution in [2.45, 2.75) is 13.3 Å². The number of rotatable bonds is 3. The average molecular weight is 251 g/mol. The molecule has 0 atom stereocenters. The Morgan fingerprint density at radius 2 is 2.06 bits per heavy atom. The van der Waals surface area contributed by atoms with Crippen LogP contribution in [-0.4, -0.2) is 16.1 Å². The first kappa shape index (κ1) is 11.7. The maximum Gasteiger partial charge on any atom is 0.223 e. The number of carbonyl (C=O) groups excluding carboxylic acids is 1. The van der Waals surface area contributed by atoms with Crippen molar-refractivity contribution in [1.82, 2.24) is 10.2 Å². The Hall–Kier alpha value is -1.82. The summed E-state index contributed by atoms with van der Waals surface area (Å²) in [5, 5.41) is 11.6. The van der Waals surface area contributed by atoms with Crippen molar-refractivity contribution < 1.29 is 9.18 Å². The summed E-state index contributed by atoms with van der Waals surface area (Å²) in [5.41, 5.74) is 0.955. The number of benzene rings is 1. The summed E-state index contributed by atoms with van der Waals surface area (Å²) < 4.78 is 12.7. The van der Waals surface area contributed by atoms with E-state index in [0.29, 0.717) is 11.6 Å². The van der Waals surface area contributed by atoms with Gasteiger partial charge in [-0.2, -0.15) is 0 Å². The first-order valence-corrected chi connectivity index (χ1v) is 5.79. The minimum Gasteiger partial charge on any atom is -0.301 e. The van der Waals surface area contributed by atoms with Crippen LogP contribution in [0.4, 0.5) is 9.52 Å². The van der Waals surface area contributed by atoms with Crippen LogP contribution in [-0.2, 0) is 11.2 Å². The molecule has 1 heterocycles. The third kappa shape index (κ3) is 3.32. The number of hydrogen-bond donors (Lipinski definition) is 1. The van der Waals surface area contributed by atoms with Crippen molar-refractivity contribution in [3.8, 4) is 0 Å². The minimum absolute atomic E-state index is 0.172. The van der Waals surface area contributed by atoms with Gasteiger partial charge in [0.15, 0.2) is 0 Å². The van der Waals surface area contributed by atoms with Crippen LogP contribution < -0.4 is 5.32 Å². The molecule has 0 radical (unpaired) electrons. The zero-order chi connectivity index (χ0) is 12.3.